The van der Waals surface area contributed by atoms with Crippen LogP contribution in [0.4, 0.5) is 8.78 Å². The van der Waals surface area contributed by atoms with E-state index in [2.05, 4.69) is 5.32 Å². The lowest BCUT2D eigenvalue weighted by molar-refractivity contribution is 0.129. The molecule has 106 valence electrons. The lowest BCUT2D eigenvalue weighted by atomic mass is 10.0. The second kappa shape index (κ2) is 6.68. The van der Waals surface area contributed by atoms with E-state index in [1.54, 1.807) is 0 Å². The van der Waals surface area contributed by atoms with Crippen molar-refractivity contribution in [3.8, 4) is 0 Å². The van der Waals surface area contributed by atoms with Gasteiger partial charge in [0.15, 0.2) is 11.6 Å². The standard InChI is InChI=1S/C14H19F2NOS/c1-9(17-11-3-2-6-19-8-11)14(18)10-4-5-12(15)13(16)7-10/h4-5,7,9,11,14,17-18H,2-3,6,8H2,1H3/t9-,11-,14-/m0/s1. The SMILES string of the molecule is C[C@H](N[C@H]1CCCSC1)[C@H](O)c1ccc(F)c(F)c1. The zero-order valence-corrected chi connectivity index (χ0v) is 11.7. The summed E-state index contributed by atoms with van der Waals surface area (Å²) in [6.07, 6.45) is 1.44. The molecule has 3 atom stereocenters. The highest BCUT2D eigenvalue weighted by Crippen LogP contribution is 2.22. The first-order valence-electron chi connectivity index (χ1n) is 6.54. The number of nitrogens with one attached hydrogen (secondary N) is 1. The van der Waals surface area contributed by atoms with Crippen molar-refractivity contribution in [2.75, 3.05) is 11.5 Å². The second-order valence-corrected chi connectivity index (χ2v) is 6.14. The predicted octanol–water partition coefficient (Wildman–Crippen LogP) is 2.87. The van der Waals surface area contributed by atoms with Gasteiger partial charge in [0.1, 0.15) is 0 Å². The van der Waals surface area contributed by atoms with Gasteiger partial charge in [-0.25, -0.2) is 8.78 Å². The summed E-state index contributed by atoms with van der Waals surface area (Å²) in [5, 5.41) is 13.5. The number of aliphatic hydroxyl groups is 1. The lowest BCUT2D eigenvalue weighted by Gasteiger charge is -2.29. The average Bonchev–Trinajstić information content (AvgIpc) is 2.42. The van der Waals surface area contributed by atoms with Crippen molar-refractivity contribution in [3.63, 3.8) is 0 Å². The van der Waals surface area contributed by atoms with Crippen LogP contribution in [0.2, 0.25) is 0 Å². The highest BCUT2D eigenvalue weighted by molar-refractivity contribution is 7.99. The van der Waals surface area contributed by atoms with Gasteiger partial charge in [0, 0.05) is 17.8 Å². The average molecular weight is 287 g/mol. The Balaban J connectivity index is 1.97. The summed E-state index contributed by atoms with van der Waals surface area (Å²) in [6, 6.07) is 3.74. The van der Waals surface area contributed by atoms with Crippen LogP contribution in [0.1, 0.15) is 31.4 Å². The van der Waals surface area contributed by atoms with Gasteiger partial charge >= 0.3 is 0 Å². The number of hydrogen-bond acceptors (Lipinski definition) is 3. The Hall–Kier alpha value is -0.650. The van der Waals surface area contributed by atoms with E-state index in [0.29, 0.717) is 11.6 Å². The Kier molecular flexibility index (Phi) is 5.19. The van der Waals surface area contributed by atoms with Gasteiger partial charge in [-0.2, -0.15) is 11.8 Å². The molecule has 0 aliphatic carbocycles. The fourth-order valence-corrected chi connectivity index (χ4v) is 3.40. The van der Waals surface area contributed by atoms with Crippen molar-refractivity contribution >= 4 is 11.8 Å². The molecule has 0 bridgehead atoms. The number of thioether (sulfide) groups is 1. The lowest BCUT2D eigenvalue weighted by Crippen LogP contribution is -2.42. The molecule has 0 saturated carbocycles. The van der Waals surface area contributed by atoms with Crippen LogP contribution in [0, 0.1) is 11.6 Å². The van der Waals surface area contributed by atoms with Crippen molar-refractivity contribution in [2.24, 2.45) is 0 Å². The third kappa shape index (κ3) is 3.91. The van der Waals surface area contributed by atoms with Gasteiger partial charge < -0.3 is 10.4 Å². The van der Waals surface area contributed by atoms with E-state index in [0.717, 1.165) is 24.3 Å². The first-order chi connectivity index (χ1) is 9.08. The summed E-state index contributed by atoms with van der Waals surface area (Å²) < 4.78 is 26.0. The molecule has 2 rings (SSSR count). The number of halogens is 2. The van der Waals surface area contributed by atoms with E-state index in [-0.39, 0.29) is 6.04 Å². The van der Waals surface area contributed by atoms with E-state index in [4.69, 9.17) is 0 Å². The monoisotopic (exact) mass is 287 g/mol. The molecule has 0 radical (unpaired) electrons. The molecule has 1 aromatic rings. The minimum atomic E-state index is -0.919. The number of rotatable bonds is 4. The molecular weight excluding hydrogens is 268 g/mol. The summed E-state index contributed by atoms with van der Waals surface area (Å²) in [7, 11) is 0. The summed E-state index contributed by atoms with van der Waals surface area (Å²) in [4.78, 5) is 0. The van der Waals surface area contributed by atoms with Gasteiger partial charge in [-0.1, -0.05) is 6.07 Å². The van der Waals surface area contributed by atoms with E-state index in [1.165, 1.54) is 18.2 Å². The Morgan fingerprint density at radius 2 is 2.16 bits per heavy atom. The Bertz CT molecular complexity index is 424. The first kappa shape index (κ1) is 14.8. The molecule has 1 saturated heterocycles. The van der Waals surface area contributed by atoms with Crippen LogP contribution in [0.25, 0.3) is 0 Å². The maximum atomic E-state index is 13.2. The second-order valence-electron chi connectivity index (χ2n) is 4.99. The van der Waals surface area contributed by atoms with Gasteiger partial charge in [0.05, 0.1) is 6.10 Å². The zero-order valence-electron chi connectivity index (χ0n) is 10.9. The molecule has 1 aromatic carbocycles. The largest absolute Gasteiger partial charge is 0.387 e. The van der Waals surface area contributed by atoms with Crippen LogP contribution in [-0.2, 0) is 0 Å². The van der Waals surface area contributed by atoms with E-state index < -0.39 is 17.7 Å². The van der Waals surface area contributed by atoms with Crippen molar-refractivity contribution < 1.29 is 13.9 Å². The summed E-state index contributed by atoms with van der Waals surface area (Å²) >= 11 is 1.90. The Labute approximate surface area is 116 Å². The third-order valence-corrected chi connectivity index (χ3v) is 4.63. The minimum Gasteiger partial charge on any atom is -0.387 e. The van der Waals surface area contributed by atoms with Crippen LogP contribution in [-0.4, -0.2) is 28.7 Å². The predicted molar refractivity (Wildman–Crippen MR) is 74.3 cm³/mol. The highest BCUT2D eigenvalue weighted by atomic mass is 32.2. The van der Waals surface area contributed by atoms with E-state index in [1.807, 2.05) is 18.7 Å². The minimum absolute atomic E-state index is 0.187. The Morgan fingerprint density at radius 3 is 2.79 bits per heavy atom. The molecule has 5 heteroatoms. The fraction of sp³-hybridized carbons (Fsp3) is 0.571. The molecule has 2 nitrogen and oxygen atoms in total. The number of benzene rings is 1. The van der Waals surface area contributed by atoms with Gasteiger partial charge in [-0.05, 0) is 43.2 Å². The molecule has 0 spiro atoms. The van der Waals surface area contributed by atoms with Crippen molar-refractivity contribution in [3.05, 3.63) is 35.4 Å². The summed E-state index contributed by atoms with van der Waals surface area (Å²) in [5.74, 6) is 0.421. The molecule has 1 fully saturated rings. The number of hydrogen-bond donors (Lipinski definition) is 2. The number of aliphatic hydroxyl groups excluding tert-OH is 1. The van der Waals surface area contributed by atoms with Crippen LogP contribution < -0.4 is 5.32 Å². The van der Waals surface area contributed by atoms with Crippen LogP contribution in [0.5, 0.6) is 0 Å². The molecule has 1 heterocycles. The maximum Gasteiger partial charge on any atom is 0.159 e. The fourth-order valence-electron chi connectivity index (χ4n) is 2.32. The molecule has 1 aliphatic rings. The summed E-state index contributed by atoms with van der Waals surface area (Å²) in [6.45, 7) is 1.87. The zero-order chi connectivity index (χ0) is 13.8. The van der Waals surface area contributed by atoms with Crippen LogP contribution >= 0.6 is 11.8 Å². The van der Waals surface area contributed by atoms with E-state index >= 15 is 0 Å². The normalized spacial score (nSPS) is 23.1. The van der Waals surface area contributed by atoms with Crippen molar-refractivity contribution in [2.45, 2.75) is 38.0 Å². The van der Waals surface area contributed by atoms with Crippen molar-refractivity contribution in [1.82, 2.24) is 5.32 Å². The third-order valence-electron chi connectivity index (χ3n) is 3.42. The molecule has 1 aliphatic heterocycles. The smallest absolute Gasteiger partial charge is 0.159 e. The molecule has 2 N–H and O–H groups in total. The first-order valence-corrected chi connectivity index (χ1v) is 7.70. The van der Waals surface area contributed by atoms with Crippen LogP contribution in [0.15, 0.2) is 18.2 Å². The Morgan fingerprint density at radius 1 is 1.37 bits per heavy atom. The van der Waals surface area contributed by atoms with Crippen LogP contribution in [0.3, 0.4) is 0 Å². The topological polar surface area (TPSA) is 32.3 Å². The molecule has 0 aromatic heterocycles. The van der Waals surface area contributed by atoms with Gasteiger partial charge in [0.25, 0.3) is 0 Å². The highest BCUT2D eigenvalue weighted by Gasteiger charge is 2.22. The molecular formula is C14H19F2NOS. The van der Waals surface area contributed by atoms with Gasteiger partial charge in [0.2, 0.25) is 0 Å². The van der Waals surface area contributed by atoms with E-state index in [9.17, 15) is 13.9 Å². The van der Waals surface area contributed by atoms with Crippen molar-refractivity contribution in [1.29, 1.82) is 0 Å². The maximum absolute atomic E-state index is 13.2. The quantitative estimate of drug-likeness (QED) is 0.893. The molecule has 0 unspecified atom stereocenters. The van der Waals surface area contributed by atoms with Gasteiger partial charge in [-0.3, -0.25) is 0 Å². The van der Waals surface area contributed by atoms with Gasteiger partial charge in [-0.15, -0.1) is 0 Å². The summed E-state index contributed by atoms with van der Waals surface area (Å²) in [5.41, 5.74) is 0.405. The molecule has 19 heavy (non-hydrogen) atoms. The molecule has 0 amide bonds.